The molecule has 1 saturated heterocycles. The van der Waals surface area contributed by atoms with Crippen molar-refractivity contribution in [1.82, 2.24) is 25.4 Å². The highest BCUT2D eigenvalue weighted by Crippen LogP contribution is 2.18. The van der Waals surface area contributed by atoms with E-state index in [0.29, 0.717) is 11.5 Å². The zero-order valence-electron chi connectivity index (χ0n) is 13.5. The maximum Gasteiger partial charge on any atom is 0.267 e. The number of rotatable bonds is 5. The van der Waals surface area contributed by atoms with Crippen LogP contribution in [-0.2, 0) is 4.79 Å². The Morgan fingerprint density at radius 1 is 1.24 bits per heavy atom. The van der Waals surface area contributed by atoms with E-state index in [1.807, 2.05) is 0 Å². The Morgan fingerprint density at radius 3 is 2.80 bits per heavy atom. The number of piperidine rings is 1. The maximum atomic E-state index is 10.9. The van der Waals surface area contributed by atoms with E-state index >= 15 is 0 Å². The van der Waals surface area contributed by atoms with Crippen molar-refractivity contribution in [2.75, 3.05) is 23.3 Å². The zero-order chi connectivity index (χ0) is 17.5. The molecule has 1 amide bonds. The van der Waals surface area contributed by atoms with Gasteiger partial charge in [0.25, 0.3) is 5.91 Å². The molecule has 1 aliphatic heterocycles. The van der Waals surface area contributed by atoms with Crippen LogP contribution in [-0.4, -0.2) is 50.2 Å². The fourth-order valence-electron chi connectivity index (χ4n) is 2.64. The SMILES string of the molecule is O=C(/C=C/c1cnc(N[C@@H]2CCCN(c3ncccn3)C2)cn1)NO. The van der Waals surface area contributed by atoms with Crippen molar-refractivity contribution in [3.8, 4) is 0 Å². The standard InChI is InChI=1S/C16H19N7O2/c24-15(22-25)5-4-12-9-20-14(10-19-12)21-13-3-1-8-23(11-13)16-17-6-2-7-18-16/h2,4-7,9-10,13,25H,1,3,8,11H2,(H,20,21)(H,22,24)/b5-4+/t13-/m1/s1. The normalized spacial score (nSPS) is 17.5. The smallest absolute Gasteiger partial charge is 0.267 e. The summed E-state index contributed by atoms with van der Waals surface area (Å²) in [7, 11) is 0. The molecule has 3 heterocycles. The highest BCUT2D eigenvalue weighted by atomic mass is 16.5. The lowest BCUT2D eigenvalue weighted by molar-refractivity contribution is -0.124. The molecule has 0 saturated carbocycles. The lowest BCUT2D eigenvalue weighted by Gasteiger charge is -2.33. The van der Waals surface area contributed by atoms with Crippen LogP contribution in [0, 0.1) is 0 Å². The molecule has 0 radical (unpaired) electrons. The van der Waals surface area contributed by atoms with E-state index in [2.05, 4.69) is 30.2 Å². The minimum Gasteiger partial charge on any atom is -0.364 e. The Hall–Kier alpha value is -3.07. The van der Waals surface area contributed by atoms with Crippen molar-refractivity contribution in [2.45, 2.75) is 18.9 Å². The molecule has 25 heavy (non-hydrogen) atoms. The van der Waals surface area contributed by atoms with Gasteiger partial charge in [-0.3, -0.25) is 15.0 Å². The van der Waals surface area contributed by atoms with Crippen LogP contribution in [0.4, 0.5) is 11.8 Å². The van der Waals surface area contributed by atoms with Gasteiger partial charge in [-0.05, 0) is 25.0 Å². The lowest BCUT2D eigenvalue weighted by atomic mass is 10.1. The van der Waals surface area contributed by atoms with E-state index in [0.717, 1.165) is 31.9 Å². The highest BCUT2D eigenvalue weighted by Gasteiger charge is 2.21. The number of anilines is 2. The Balaban J connectivity index is 1.58. The third kappa shape index (κ3) is 4.70. The van der Waals surface area contributed by atoms with Gasteiger partial charge in [-0.25, -0.2) is 20.4 Å². The first-order chi connectivity index (χ1) is 12.2. The summed E-state index contributed by atoms with van der Waals surface area (Å²) in [5.74, 6) is 0.793. The summed E-state index contributed by atoms with van der Waals surface area (Å²) in [6.45, 7) is 1.73. The molecule has 3 N–H and O–H groups in total. The van der Waals surface area contributed by atoms with Crippen molar-refractivity contribution in [1.29, 1.82) is 0 Å². The van der Waals surface area contributed by atoms with E-state index in [-0.39, 0.29) is 6.04 Å². The Labute approximate surface area is 144 Å². The molecule has 0 bridgehead atoms. The summed E-state index contributed by atoms with van der Waals surface area (Å²) >= 11 is 0. The quantitative estimate of drug-likeness (QED) is 0.417. The maximum absolute atomic E-state index is 10.9. The molecule has 130 valence electrons. The van der Waals surface area contributed by atoms with Gasteiger partial charge in [0.05, 0.1) is 18.1 Å². The number of carbonyl (C=O) groups excluding carboxylic acids is 1. The van der Waals surface area contributed by atoms with E-state index in [9.17, 15) is 4.79 Å². The second kappa shape index (κ2) is 8.15. The molecular formula is C16H19N7O2. The van der Waals surface area contributed by atoms with Crippen LogP contribution in [0.3, 0.4) is 0 Å². The minimum absolute atomic E-state index is 0.230. The number of nitrogens with one attached hydrogen (secondary N) is 2. The van der Waals surface area contributed by atoms with Crippen molar-refractivity contribution in [3.63, 3.8) is 0 Å². The first kappa shape index (κ1) is 16.8. The van der Waals surface area contributed by atoms with E-state index < -0.39 is 5.91 Å². The second-order valence-corrected chi connectivity index (χ2v) is 5.61. The fourth-order valence-corrected chi connectivity index (χ4v) is 2.64. The summed E-state index contributed by atoms with van der Waals surface area (Å²) in [6, 6.07) is 2.03. The first-order valence-electron chi connectivity index (χ1n) is 7.97. The van der Waals surface area contributed by atoms with Crippen LogP contribution in [0.2, 0.25) is 0 Å². The highest BCUT2D eigenvalue weighted by molar-refractivity contribution is 5.90. The molecule has 3 rings (SSSR count). The first-order valence-corrected chi connectivity index (χ1v) is 7.97. The summed E-state index contributed by atoms with van der Waals surface area (Å²) < 4.78 is 0. The molecule has 1 atom stereocenters. The number of aromatic nitrogens is 4. The van der Waals surface area contributed by atoms with Gasteiger partial charge in [0, 0.05) is 37.6 Å². The molecule has 2 aromatic heterocycles. The van der Waals surface area contributed by atoms with Crippen molar-refractivity contribution in [2.24, 2.45) is 0 Å². The molecule has 1 fully saturated rings. The van der Waals surface area contributed by atoms with Crippen LogP contribution in [0.1, 0.15) is 18.5 Å². The molecule has 0 unspecified atom stereocenters. The number of nitrogens with zero attached hydrogens (tertiary/aromatic N) is 5. The van der Waals surface area contributed by atoms with Crippen LogP contribution in [0.25, 0.3) is 6.08 Å². The average Bonchev–Trinajstić information content (AvgIpc) is 2.68. The summed E-state index contributed by atoms with van der Waals surface area (Å²) in [5, 5.41) is 11.8. The lowest BCUT2D eigenvalue weighted by Crippen LogP contribution is -2.43. The number of hydroxylamine groups is 1. The zero-order valence-corrected chi connectivity index (χ0v) is 13.5. The number of amides is 1. The average molecular weight is 341 g/mol. The molecule has 9 heteroatoms. The van der Waals surface area contributed by atoms with Crippen molar-refractivity contribution >= 4 is 23.7 Å². The predicted octanol–water partition coefficient (Wildman–Crippen LogP) is 0.866. The van der Waals surface area contributed by atoms with Crippen LogP contribution in [0.15, 0.2) is 36.9 Å². The van der Waals surface area contributed by atoms with Gasteiger partial charge < -0.3 is 10.2 Å². The summed E-state index contributed by atoms with van der Waals surface area (Å²) in [6.07, 6.45) is 11.4. The van der Waals surface area contributed by atoms with Crippen molar-refractivity contribution < 1.29 is 10.0 Å². The summed E-state index contributed by atoms with van der Waals surface area (Å²) in [5.41, 5.74) is 2.04. The molecular weight excluding hydrogens is 322 g/mol. The Morgan fingerprint density at radius 2 is 2.08 bits per heavy atom. The van der Waals surface area contributed by atoms with Gasteiger partial charge >= 0.3 is 0 Å². The molecule has 1 aliphatic rings. The van der Waals surface area contributed by atoms with Crippen molar-refractivity contribution in [3.05, 3.63) is 42.6 Å². The number of hydrogen-bond acceptors (Lipinski definition) is 8. The molecule has 0 aliphatic carbocycles. The second-order valence-electron chi connectivity index (χ2n) is 5.61. The van der Waals surface area contributed by atoms with E-state index in [4.69, 9.17) is 5.21 Å². The molecule has 2 aromatic rings. The summed E-state index contributed by atoms with van der Waals surface area (Å²) in [4.78, 5) is 30.2. The van der Waals surface area contributed by atoms with Crippen LogP contribution in [0.5, 0.6) is 0 Å². The Kier molecular flexibility index (Phi) is 5.47. The monoisotopic (exact) mass is 341 g/mol. The number of carbonyl (C=O) groups is 1. The van der Waals surface area contributed by atoms with Crippen LogP contribution < -0.4 is 15.7 Å². The van der Waals surface area contributed by atoms with E-state index in [1.165, 1.54) is 17.6 Å². The fraction of sp³-hybridized carbons (Fsp3) is 0.312. The molecule has 0 spiro atoms. The third-order valence-electron chi connectivity index (χ3n) is 3.80. The predicted molar refractivity (Wildman–Crippen MR) is 91.9 cm³/mol. The molecule has 0 aromatic carbocycles. The van der Waals surface area contributed by atoms with Gasteiger partial charge in [0.1, 0.15) is 5.82 Å². The van der Waals surface area contributed by atoms with Gasteiger partial charge in [0.15, 0.2) is 0 Å². The minimum atomic E-state index is -0.616. The van der Waals surface area contributed by atoms with Gasteiger partial charge in [-0.2, -0.15) is 0 Å². The molecule has 9 nitrogen and oxygen atoms in total. The van der Waals surface area contributed by atoms with E-state index in [1.54, 1.807) is 30.9 Å². The van der Waals surface area contributed by atoms with Gasteiger partial charge in [-0.15, -0.1) is 0 Å². The number of hydrogen-bond donors (Lipinski definition) is 3. The Bertz CT molecular complexity index is 721. The van der Waals surface area contributed by atoms with Gasteiger partial charge in [0.2, 0.25) is 5.95 Å². The topological polar surface area (TPSA) is 116 Å². The van der Waals surface area contributed by atoms with Crippen LogP contribution >= 0.6 is 0 Å². The third-order valence-corrected chi connectivity index (χ3v) is 3.80. The largest absolute Gasteiger partial charge is 0.364 e. The van der Waals surface area contributed by atoms with Gasteiger partial charge in [-0.1, -0.05) is 0 Å².